The van der Waals surface area contributed by atoms with Crippen LogP contribution < -0.4 is 16.0 Å². The van der Waals surface area contributed by atoms with Crippen molar-refractivity contribution in [3.05, 3.63) is 58.1 Å². The molecular weight excluding hydrogens is 258 g/mol. The molecule has 0 saturated carbocycles. The molecule has 104 valence electrons. The van der Waals surface area contributed by atoms with E-state index in [1.807, 2.05) is 31.2 Å². The van der Waals surface area contributed by atoms with E-state index in [9.17, 15) is 10.1 Å². The number of nitro groups is 1. The number of hydrogen-bond donors (Lipinski definition) is 2. The maximum atomic E-state index is 10.9. The van der Waals surface area contributed by atoms with Crippen molar-refractivity contribution in [3.63, 3.8) is 0 Å². The number of nitrogens with zero attached hydrogens (tertiary/aromatic N) is 1. The van der Waals surface area contributed by atoms with Gasteiger partial charge in [0.2, 0.25) is 0 Å². The molecule has 0 aromatic heterocycles. The summed E-state index contributed by atoms with van der Waals surface area (Å²) in [5.74, 6) is 6.36. The van der Waals surface area contributed by atoms with Gasteiger partial charge in [-0.2, -0.15) is 0 Å². The van der Waals surface area contributed by atoms with Crippen LogP contribution in [0.15, 0.2) is 42.5 Å². The minimum Gasteiger partial charge on any atom is -0.457 e. The Morgan fingerprint density at radius 1 is 1.30 bits per heavy atom. The molecule has 0 atom stereocenters. The van der Waals surface area contributed by atoms with E-state index >= 15 is 0 Å². The summed E-state index contributed by atoms with van der Waals surface area (Å²) in [5.41, 5.74) is 3.76. The van der Waals surface area contributed by atoms with Gasteiger partial charge >= 0.3 is 0 Å². The molecule has 0 bridgehead atoms. The molecule has 3 N–H and O–H groups in total. The lowest BCUT2D eigenvalue weighted by Gasteiger charge is -2.11. The van der Waals surface area contributed by atoms with Crippen LogP contribution in [-0.2, 0) is 6.42 Å². The Kier molecular flexibility index (Phi) is 4.17. The molecule has 2 aromatic rings. The third-order valence-corrected chi connectivity index (χ3v) is 2.85. The molecular formula is C14H15N3O3. The molecule has 0 aliphatic rings. The van der Waals surface area contributed by atoms with Crippen LogP contribution in [0.2, 0.25) is 0 Å². The summed E-state index contributed by atoms with van der Waals surface area (Å²) < 4.78 is 5.73. The highest BCUT2D eigenvalue weighted by Crippen LogP contribution is 2.31. The highest BCUT2D eigenvalue weighted by molar-refractivity contribution is 5.56. The molecule has 2 rings (SSSR count). The van der Waals surface area contributed by atoms with Crippen LogP contribution >= 0.6 is 0 Å². The SMILES string of the molecule is CCc1ccccc1Oc1cc(NN)cc([N+](=O)[O-])c1. The van der Waals surface area contributed by atoms with E-state index in [4.69, 9.17) is 10.6 Å². The number of para-hydroxylation sites is 1. The lowest BCUT2D eigenvalue weighted by Crippen LogP contribution is -2.07. The number of nitrogens with one attached hydrogen (secondary N) is 1. The predicted octanol–water partition coefficient (Wildman–Crippen LogP) is 3.24. The minimum absolute atomic E-state index is 0.0792. The number of hydrogen-bond acceptors (Lipinski definition) is 5. The second-order valence-corrected chi connectivity index (χ2v) is 4.18. The van der Waals surface area contributed by atoms with Crippen molar-refractivity contribution < 1.29 is 9.66 Å². The molecule has 0 fully saturated rings. The molecule has 0 amide bonds. The molecule has 0 saturated heterocycles. The van der Waals surface area contributed by atoms with Gasteiger partial charge in [0.05, 0.1) is 16.7 Å². The predicted molar refractivity (Wildman–Crippen MR) is 76.8 cm³/mol. The molecule has 0 unspecified atom stereocenters. The standard InChI is InChI=1S/C14H15N3O3/c1-2-10-5-3-4-6-14(10)20-13-8-11(16-15)7-12(9-13)17(18)19/h3-9,16H,2,15H2,1H3. The molecule has 20 heavy (non-hydrogen) atoms. The lowest BCUT2D eigenvalue weighted by atomic mass is 10.1. The number of aryl methyl sites for hydroxylation is 1. The topological polar surface area (TPSA) is 90.4 Å². The number of hydrazine groups is 1. The van der Waals surface area contributed by atoms with E-state index in [0.29, 0.717) is 17.2 Å². The molecule has 6 heteroatoms. The fourth-order valence-electron chi connectivity index (χ4n) is 1.85. The summed E-state index contributed by atoms with van der Waals surface area (Å²) in [4.78, 5) is 10.4. The van der Waals surface area contributed by atoms with Crippen molar-refractivity contribution in [2.75, 3.05) is 5.43 Å². The first kappa shape index (κ1) is 13.8. The van der Waals surface area contributed by atoms with Gasteiger partial charge in [0, 0.05) is 12.1 Å². The van der Waals surface area contributed by atoms with E-state index in [-0.39, 0.29) is 5.69 Å². The molecule has 2 aromatic carbocycles. The van der Waals surface area contributed by atoms with E-state index in [1.165, 1.54) is 12.1 Å². The largest absolute Gasteiger partial charge is 0.457 e. The monoisotopic (exact) mass is 273 g/mol. The fraction of sp³-hybridized carbons (Fsp3) is 0.143. The summed E-state index contributed by atoms with van der Waals surface area (Å²) in [5, 5.41) is 10.9. The molecule has 0 aliphatic heterocycles. The normalized spacial score (nSPS) is 10.1. The zero-order valence-corrected chi connectivity index (χ0v) is 11.0. The van der Waals surface area contributed by atoms with Crippen molar-refractivity contribution in [3.8, 4) is 11.5 Å². The number of benzene rings is 2. The van der Waals surface area contributed by atoms with Gasteiger partial charge in [-0.3, -0.25) is 16.0 Å². The third kappa shape index (κ3) is 3.04. The smallest absolute Gasteiger partial charge is 0.275 e. The summed E-state index contributed by atoms with van der Waals surface area (Å²) in [6.45, 7) is 2.02. The number of nitrogen functional groups attached to an aromatic ring is 1. The maximum absolute atomic E-state index is 10.9. The second-order valence-electron chi connectivity index (χ2n) is 4.18. The van der Waals surface area contributed by atoms with Gasteiger partial charge in [-0.25, -0.2) is 0 Å². The van der Waals surface area contributed by atoms with Crippen LogP contribution in [0.25, 0.3) is 0 Å². The lowest BCUT2D eigenvalue weighted by molar-refractivity contribution is -0.384. The first-order valence-corrected chi connectivity index (χ1v) is 6.16. The first-order chi connectivity index (χ1) is 9.63. The number of ether oxygens (including phenoxy) is 1. The average molecular weight is 273 g/mol. The van der Waals surface area contributed by atoms with Gasteiger partial charge < -0.3 is 10.2 Å². The highest BCUT2D eigenvalue weighted by Gasteiger charge is 2.11. The Hall–Kier alpha value is -2.60. The van der Waals surface area contributed by atoms with Crippen LogP contribution in [0.4, 0.5) is 11.4 Å². The summed E-state index contributed by atoms with van der Waals surface area (Å²) in [6.07, 6.45) is 0.813. The maximum Gasteiger partial charge on any atom is 0.275 e. The van der Waals surface area contributed by atoms with Crippen LogP contribution in [0.5, 0.6) is 11.5 Å². The zero-order chi connectivity index (χ0) is 14.5. The average Bonchev–Trinajstić information content (AvgIpc) is 2.47. The Bertz CT molecular complexity index is 629. The zero-order valence-electron chi connectivity index (χ0n) is 11.0. The number of non-ortho nitro benzene ring substituents is 1. The fourth-order valence-corrected chi connectivity index (χ4v) is 1.85. The van der Waals surface area contributed by atoms with Gasteiger partial charge in [0.1, 0.15) is 11.5 Å². The van der Waals surface area contributed by atoms with E-state index < -0.39 is 4.92 Å². The van der Waals surface area contributed by atoms with E-state index in [0.717, 1.165) is 12.0 Å². The highest BCUT2D eigenvalue weighted by atomic mass is 16.6. The number of nitro benzene ring substituents is 1. The number of anilines is 1. The summed E-state index contributed by atoms with van der Waals surface area (Å²) in [6, 6.07) is 11.9. The van der Waals surface area contributed by atoms with E-state index in [2.05, 4.69) is 5.43 Å². The third-order valence-electron chi connectivity index (χ3n) is 2.85. The van der Waals surface area contributed by atoms with Crippen molar-refractivity contribution in [2.24, 2.45) is 5.84 Å². The second kappa shape index (κ2) is 6.03. The molecule has 0 spiro atoms. The van der Waals surface area contributed by atoms with Gasteiger partial charge in [0.25, 0.3) is 5.69 Å². The molecule has 0 aliphatic carbocycles. The Balaban J connectivity index is 2.37. The van der Waals surface area contributed by atoms with Crippen LogP contribution in [0.1, 0.15) is 12.5 Å². The van der Waals surface area contributed by atoms with Crippen LogP contribution in [-0.4, -0.2) is 4.92 Å². The van der Waals surface area contributed by atoms with Crippen molar-refractivity contribution in [1.29, 1.82) is 0 Å². The summed E-state index contributed by atoms with van der Waals surface area (Å²) >= 11 is 0. The molecule has 0 radical (unpaired) electrons. The van der Waals surface area contributed by atoms with Gasteiger partial charge in [-0.15, -0.1) is 0 Å². The molecule has 0 heterocycles. The Labute approximate surface area is 116 Å². The number of nitrogens with two attached hydrogens (primary N) is 1. The Morgan fingerprint density at radius 2 is 2.05 bits per heavy atom. The Morgan fingerprint density at radius 3 is 2.70 bits per heavy atom. The van der Waals surface area contributed by atoms with Crippen LogP contribution in [0.3, 0.4) is 0 Å². The molecule has 6 nitrogen and oxygen atoms in total. The van der Waals surface area contributed by atoms with Crippen molar-refractivity contribution >= 4 is 11.4 Å². The summed E-state index contributed by atoms with van der Waals surface area (Å²) in [7, 11) is 0. The van der Waals surface area contributed by atoms with E-state index in [1.54, 1.807) is 6.07 Å². The van der Waals surface area contributed by atoms with Gasteiger partial charge in [0.15, 0.2) is 0 Å². The van der Waals surface area contributed by atoms with Gasteiger partial charge in [-0.1, -0.05) is 25.1 Å². The minimum atomic E-state index is -0.487. The quantitative estimate of drug-likeness (QED) is 0.496. The van der Waals surface area contributed by atoms with Crippen molar-refractivity contribution in [1.82, 2.24) is 0 Å². The van der Waals surface area contributed by atoms with Crippen molar-refractivity contribution in [2.45, 2.75) is 13.3 Å². The van der Waals surface area contributed by atoms with Gasteiger partial charge in [-0.05, 0) is 18.1 Å². The number of rotatable bonds is 5. The first-order valence-electron chi connectivity index (χ1n) is 6.16. The van der Waals surface area contributed by atoms with Crippen LogP contribution in [0, 0.1) is 10.1 Å².